The zero-order valence-corrected chi connectivity index (χ0v) is 21.1. The normalized spacial score (nSPS) is 12.4. The van der Waals surface area contributed by atoms with E-state index in [0.29, 0.717) is 4.31 Å². The number of ether oxygens (including phenoxy) is 1. The summed E-state index contributed by atoms with van der Waals surface area (Å²) in [6.45, 7) is 0.560. The number of aromatic nitrogens is 1. The van der Waals surface area contributed by atoms with Gasteiger partial charge in [-0.15, -0.1) is 13.2 Å². The monoisotopic (exact) mass is 584 g/mol. The lowest BCUT2D eigenvalue weighted by Crippen LogP contribution is -2.33. The molecule has 210 valence electrons. The number of alkyl halides is 6. The zero-order valence-electron chi connectivity index (χ0n) is 20.3. The summed E-state index contributed by atoms with van der Waals surface area (Å²) in [5.74, 6) is -2.93. The molecule has 7 nitrogen and oxygen atoms in total. The van der Waals surface area contributed by atoms with Crippen LogP contribution in [-0.2, 0) is 22.7 Å². The standard InChI is InChI=1S/C26H18F6N2O5S/c1-15-12-19(10-11-20(15)24(35)36)40(37,38)34(14-16-6-8-18(9-7-16)39-26(30,31)32)23-22(25(27,28)29)21-5-3-2-4-17(21)13-33-23/h2-13H,14H2,1H3,(H,35,36). The van der Waals surface area contributed by atoms with E-state index in [1.54, 1.807) is 0 Å². The molecule has 0 aliphatic heterocycles. The number of aryl methyl sites for hydroxylation is 1. The predicted octanol–water partition coefficient (Wildman–Crippen LogP) is 6.55. The molecule has 0 saturated carbocycles. The van der Waals surface area contributed by atoms with Crippen molar-refractivity contribution in [2.24, 2.45) is 0 Å². The smallest absolute Gasteiger partial charge is 0.478 e. The van der Waals surface area contributed by atoms with Crippen molar-refractivity contribution >= 4 is 32.6 Å². The highest BCUT2D eigenvalue weighted by Gasteiger charge is 2.41. The average molecular weight is 584 g/mol. The van der Waals surface area contributed by atoms with Gasteiger partial charge in [0.15, 0.2) is 5.82 Å². The van der Waals surface area contributed by atoms with Crippen LogP contribution in [0.1, 0.15) is 27.0 Å². The van der Waals surface area contributed by atoms with Crippen molar-refractivity contribution in [1.29, 1.82) is 0 Å². The van der Waals surface area contributed by atoms with Crippen LogP contribution in [0.3, 0.4) is 0 Å². The van der Waals surface area contributed by atoms with Crippen LogP contribution in [0, 0.1) is 6.92 Å². The average Bonchev–Trinajstić information content (AvgIpc) is 2.85. The summed E-state index contributed by atoms with van der Waals surface area (Å²) in [7, 11) is -4.84. The Morgan fingerprint density at radius 3 is 2.20 bits per heavy atom. The molecule has 0 fully saturated rings. The molecular formula is C26H18F6N2O5S. The van der Waals surface area contributed by atoms with Gasteiger partial charge in [0.05, 0.1) is 17.0 Å². The SMILES string of the molecule is Cc1cc(S(=O)(=O)N(Cc2ccc(OC(F)(F)F)cc2)c2ncc3ccccc3c2C(F)(F)F)ccc1C(=O)O. The minimum absolute atomic E-state index is 0.0139. The summed E-state index contributed by atoms with van der Waals surface area (Å²) in [6.07, 6.45) is -8.99. The van der Waals surface area contributed by atoms with Crippen molar-refractivity contribution in [3.05, 3.63) is 95.2 Å². The number of rotatable bonds is 7. The van der Waals surface area contributed by atoms with Gasteiger partial charge in [0, 0.05) is 11.6 Å². The lowest BCUT2D eigenvalue weighted by Gasteiger charge is -2.27. The van der Waals surface area contributed by atoms with Gasteiger partial charge in [0.25, 0.3) is 10.0 Å². The second-order valence-corrected chi connectivity index (χ2v) is 10.4. The molecular weight excluding hydrogens is 566 g/mol. The number of carboxylic acids is 1. The third kappa shape index (κ3) is 5.96. The summed E-state index contributed by atoms with van der Waals surface area (Å²) in [5, 5.41) is 9.05. The summed E-state index contributed by atoms with van der Waals surface area (Å²) in [5.41, 5.74) is -1.51. The Labute approximate surface area is 223 Å². The van der Waals surface area contributed by atoms with Gasteiger partial charge in [0.1, 0.15) is 11.3 Å². The van der Waals surface area contributed by atoms with Crippen molar-refractivity contribution in [1.82, 2.24) is 4.98 Å². The van der Waals surface area contributed by atoms with E-state index in [1.807, 2.05) is 0 Å². The van der Waals surface area contributed by atoms with Crippen molar-refractivity contribution in [2.45, 2.75) is 30.9 Å². The lowest BCUT2D eigenvalue weighted by molar-refractivity contribution is -0.274. The van der Waals surface area contributed by atoms with Gasteiger partial charge in [-0.3, -0.25) is 0 Å². The van der Waals surface area contributed by atoms with Crippen LogP contribution < -0.4 is 9.04 Å². The highest BCUT2D eigenvalue weighted by molar-refractivity contribution is 7.92. The molecule has 0 unspecified atom stereocenters. The molecule has 0 aliphatic carbocycles. The van der Waals surface area contributed by atoms with Gasteiger partial charge >= 0.3 is 18.5 Å². The molecule has 0 bridgehead atoms. The van der Waals surface area contributed by atoms with Gasteiger partial charge in [-0.1, -0.05) is 36.4 Å². The van der Waals surface area contributed by atoms with Crippen molar-refractivity contribution in [3.8, 4) is 5.75 Å². The molecule has 3 aromatic carbocycles. The van der Waals surface area contributed by atoms with E-state index in [-0.39, 0.29) is 27.5 Å². The van der Waals surface area contributed by atoms with Gasteiger partial charge in [-0.2, -0.15) is 13.2 Å². The zero-order chi connectivity index (χ0) is 29.5. The molecule has 0 aliphatic rings. The molecule has 40 heavy (non-hydrogen) atoms. The van der Waals surface area contributed by atoms with E-state index in [1.165, 1.54) is 25.1 Å². The number of pyridine rings is 1. The van der Waals surface area contributed by atoms with Crippen LogP contribution in [0.4, 0.5) is 32.2 Å². The molecule has 14 heteroatoms. The number of aromatic carboxylic acids is 1. The molecule has 0 amide bonds. The number of hydrogen-bond acceptors (Lipinski definition) is 5. The number of nitrogens with zero attached hydrogens (tertiary/aromatic N) is 2. The predicted molar refractivity (Wildman–Crippen MR) is 131 cm³/mol. The molecule has 4 aromatic rings. The first kappa shape index (κ1) is 28.7. The molecule has 4 rings (SSSR count). The van der Waals surface area contributed by atoms with Crippen LogP contribution in [0.5, 0.6) is 5.75 Å². The van der Waals surface area contributed by atoms with Crippen LogP contribution >= 0.6 is 0 Å². The van der Waals surface area contributed by atoms with Crippen molar-refractivity contribution in [2.75, 3.05) is 4.31 Å². The second-order valence-electron chi connectivity index (χ2n) is 8.53. The van der Waals surface area contributed by atoms with Gasteiger partial charge < -0.3 is 9.84 Å². The lowest BCUT2D eigenvalue weighted by atomic mass is 10.1. The molecule has 0 atom stereocenters. The minimum atomic E-state index is -5.07. The second kappa shape index (κ2) is 10.3. The fourth-order valence-electron chi connectivity index (χ4n) is 4.02. The summed E-state index contributed by atoms with van der Waals surface area (Å²) < 4.78 is 113. The maximum absolute atomic E-state index is 14.4. The Bertz CT molecular complexity index is 1690. The van der Waals surface area contributed by atoms with Crippen LogP contribution in [-0.4, -0.2) is 30.8 Å². The van der Waals surface area contributed by atoms with Crippen molar-refractivity contribution in [3.63, 3.8) is 0 Å². The summed E-state index contributed by atoms with van der Waals surface area (Å²) >= 11 is 0. The fourth-order valence-corrected chi connectivity index (χ4v) is 5.53. The highest BCUT2D eigenvalue weighted by atomic mass is 32.2. The summed E-state index contributed by atoms with van der Waals surface area (Å²) in [6, 6.07) is 12.2. The Morgan fingerprint density at radius 2 is 1.62 bits per heavy atom. The molecule has 0 radical (unpaired) electrons. The van der Waals surface area contributed by atoms with Crippen LogP contribution in [0.25, 0.3) is 10.8 Å². The highest BCUT2D eigenvalue weighted by Crippen LogP contribution is 2.42. The number of anilines is 1. The largest absolute Gasteiger partial charge is 0.573 e. The topological polar surface area (TPSA) is 96.8 Å². The van der Waals surface area contributed by atoms with E-state index >= 15 is 0 Å². The molecule has 0 spiro atoms. The quantitative estimate of drug-likeness (QED) is 0.248. The van der Waals surface area contributed by atoms with Crippen molar-refractivity contribution < 1.29 is 49.4 Å². The Hall–Kier alpha value is -4.33. The first-order valence-electron chi connectivity index (χ1n) is 11.2. The maximum atomic E-state index is 14.4. The van der Waals surface area contributed by atoms with Crippen LogP contribution in [0.15, 0.2) is 77.8 Å². The van der Waals surface area contributed by atoms with E-state index in [0.717, 1.165) is 54.7 Å². The van der Waals surface area contributed by atoms with Gasteiger partial charge in [-0.05, 0) is 53.8 Å². The Balaban J connectivity index is 1.92. The number of hydrogen-bond donors (Lipinski definition) is 1. The molecule has 1 heterocycles. The first-order chi connectivity index (χ1) is 18.6. The third-order valence-electron chi connectivity index (χ3n) is 5.80. The van der Waals surface area contributed by atoms with E-state index in [9.17, 15) is 44.7 Å². The first-order valence-corrected chi connectivity index (χ1v) is 12.7. The maximum Gasteiger partial charge on any atom is 0.573 e. The number of benzene rings is 3. The van der Waals surface area contributed by atoms with Crippen LogP contribution in [0.2, 0.25) is 0 Å². The van der Waals surface area contributed by atoms with E-state index < -0.39 is 57.1 Å². The molecule has 0 saturated heterocycles. The number of sulfonamides is 1. The summed E-state index contributed by atoms with van der Waals surface area (Å²) in [4.78, 5) is 14.7. The van der Waals surface area contributed by atoms with Gasteiger partial charge in [0.2, 0.25) is 0 Å². The third-order valence-corrected chi connectivity index (χ3v) is 7.53. The number of carbonyl (C=O) groups is 1. The van der Waals surface area contributed by atoms with Gasteiger partial charge in [-0.25, -0.2) is 22.5 Å². The number of fused-ring (bicyclic) bond motifs is 1. The number of halogens is 6. The molecule has 1 N–H and O–H groups in total. The van der Waals surface area contributed by atoms with E-state index in [2.05, 4.69) is 9.72 Å². The molecule has 1 aromatic heterocycles. The Kier molecular flexibility index (Phi) is 7.41. The Morgan fingerprint density at radius 1 is 0.975 bits per heavy atom. The fraction of sp³-hybridized carbons (Fsp3) is 0.154. The van der Waals surface area contributed by atoms with E-state index in [4.69, 9.17) is 0 Å². The minimum Gasteiger partial charge on any atom is -0.478 e. The number of carboxylic acid groups (broad SMARTS) is 1.